The second-order valence-electron chi connectivity index (χ2n) is 3.35. The van der Waals surface area contributed by atoms with Crippen molar-refractivity contribution in [1.82, 2.24) is 0 Å². The van der Waals surface area contributed by atoms with Crippen molar-refractivity contribution < 1.29 is 22.7 Å². The average Bonchev–Trinajstić information content (AvgIpc) is 2.27. The summed E-state index contributed by atoms with van der Waals surface area (Å²) in [6.45, 7) is 1.51. The van der Waals surface area contributed by atoms with E-state index in [-0.39, 0.29) is 24.6 Å². The number of hydrogen-bond acceptors (Lipinski definition) is 3. The first-order valence-electron chi connectivity index (χ1n) is 4.98. The first kappa shape index (κ1) is 16.7. The van der Waals surface area contributed by atoms with E-state index in [1.165, 1.54) is 6.92 Å². The lowest BCUT2D eigenvalue weighted by Gasteiger charge is -2.16. The summed E-state index contributed by atoms with van der Waals surface area (Å²) in [6.07, 6.45) is -2.19. The van der Waals surface area contributed by atoms with Crippen molar-refractivity contribution in [3.05, 3.63) is 35.4 Å². The molecule has 2 atom stereocenters. The minimum absolute atomic E-state index is 0. The largest absolute Gasteiger partial charge is 0.464 e. The fourth-order valence-electron chi connectivity index (χ4n) is 1.30. The minimum Gasteiger partial charge on any atom is -0.464 e. The Morgan fingerprint density at radius 2 is 2.06 bits per heavy atom. The molecule has 3 nitrogen and oxygen atoms in total. The van der Waals surface area contributed by atoms with Crippen molar-refractivity contribution in [3.8, 4) is 0 Å². The number of hydrogen-bond donors (Lipinski definition) is 1. The third kappa shape index (κ3) is 3.89. The first-order chi connectivity index (χ1) is 7.97. The molecule has 1 aromatic rings. The molecule has 1 aromatic carbocycles. The van der Waals surface area contributed by atoms with Crippen LogP contribution in [0.4, 0.5) is 13.2 Å². The Balaban J connectivity index is 0.00000289. The molecule has 2 N–H and O–H groups in total. The molecular formula is C11H13ClF3NO2. The summed E-state index contributed by atoms with van der Waals surface area (Å²) >= 11 is 0. The van der Waals surface area contributed by atoms with E-state index in [9.17, 15) is 18.0 Å². The molecule has 0 aliphatic rings. The lowest BCUT2D eigenvalue weighted by Crippen LogP contribution is -2.32. The van der Waals surface area contributed by atoms with Crippen molar-refractivity contribution in [2.24, 2.45) is 5.73 Å². The summed E-state index contributed by atoms with van der Waals surface area (Å²) in [4.78, 5) is 11.1. The molecule has 0 spiro atoms. The lowest BCUT2D eigenvalue weighted by molar-refractivity contribution is -0.149. The molecule has 0 bridgehead atoms. The molecule has 0 radical (unpaired) electrons. The summed E-state index contributed by atoms with van der Waals surface area (Å²) in [5.74, 6) is -2.96. The van der Waals surface area contributed by atoms with Crippen LogP contribution in [-0.4, -0.2) is 18.7 Å². The highest BCUT2D eigenvalue weighted by atomic mass is 35.5. The first-order valence-corrected chi connectivity index (χ1v) is 4.98. The number of ether oxygens (including phenoxy) is 1. The molecule has 0 aliphatic heterocycles. The SMILES string of the molecule is CCOC(=O)C(F)[C@@H](N)c1ccc(F)cc1F.Cl. The van der Waals surface area contributed by atoms with Gasteiger partial charge in [-0.05, 0) is 13.0 Å². The quantitative estimate of drug-likeness (QED) is 0.863. The topological polar surface area (TPSA) is 52.3 Å². The van der Waals surface area contributed by atoms with Crippen LogP contribution in [0.25, 0.3) is 0 Å². The Kier molecular flexibility index (Phi) is 6.72. The lowest BCUT2D eigenvalue weighted by atomic mass is 10.0. The molecule has 102 valence electrons. The molecular weight excluding hydrogens is 271 g/mol. The van der Waals surface area contributed by atoms with E-state index < -0.39 is 29.8 Å². The predicted molar refractivity (Wildman–Crippen MR) is 62.1 cm³/mol. The maximum atomic E-state index is 13.5. The van der Waals surface area contributed by atoms with Gasteiger partial charge in [0.25, 0.3) is 0 Å². The van der Waals surface area contributed by atoms with Gasteiger partial charge in [0.2, 0.25) is 6.17 Å². The van der Waals surface area contributed by atoms with E-state index in [2.05, 4.69) is 4.74 Å². The van der Waals surface area contributed by atoms with Crippen molar-refractivity contribution in [2.45, 2.75) is 19.1 Å². The summed E-state index contributed by atoms with van der Waals surface area (Å²) in [7, 11) is 0. The number of nitrogens with two attached hydrogens (primary N) is 1. The van der Waals surface area contributed by atoms with Gasteiger partial charge >= 0.3 is 5.97 Å². The zero-order valence-corrected chi connectivity index (χ0v) is 10.3. The monoisotopic (exact) mass is 283 g/mol. The fourth-order valence-corrected chi connectivity index (χ4v) is 1.30. The van der Waals surface area contributed by atoms with E-state index in [1.807, 2.05) is 0 Å². The number of alkyl halides is 1. The number of carbonyl (C=O) groups is 1. The van der Waals surface area contributed by atoms with E-state index in [0.717, 1.165) is 12.1 Å². The van der Waals surface area contributed by atoms with E-state index in [1.54, 1.807) is 0 Å². The molecule has 1 rings (SSSR count). The average molecular weight is 284 g/mol. The van der Waals surface area contributed by atoms with Gasteiger partial charge in [-0.1, -0.05) is 6.07 Å². The third-order valence-corrected chi connectivity index (χ3v) is 2.15. The molecule has 0 amide bonds. The standard InChI is InChI=1S/C11H12F3NO2.ClH/c1-2-17-11(16)9(14)10(15)7-4-3-6(12)5-8(7)13;/h3-5,9-10H,2,15H2,1H3;1H/t9?,10-;/m0./s1. The van der Waals surface area contributed by atoms with Crippen molar-refractivity contribution in [3.63, 3.8) is 0 Å². The Hall–Kier alpha value is -1.27. The molecule has 0 aliphatic carbocycles. The maximum Gasteiger partial charge on any atom is 0.342 e. The molecule has 0 aromatic heterocycles. The molecule has 1 unspecified atom stereocenters. The van der Waals surface area contributed by atoms with Crippen molar-refractivity contribution in [1.29, 1.82) is 0 Å². The fraction of sp³-hybridized carbons (Fsp3) is 0.364. The Bertz CT molecular complexity index is 417. The van der Waals surface area contributed by atoms with Crippen LogP contribution in [0.2, 0.25) is 0 Å². The van der Waals surface area contributed by atoms with Crippen LogP contribution in [0.15, 0.2) is 18.2 Å². The third-order valence-electron chi connectivity index (χ3n) is 2.15. The van der Waals surface area contributed by atoms with Gasteiger partial charge < -0.3 is 10.5 Å². The van der Waals surface area contributed by atoms with Gasteiger partial charge in [0.1, 0.15) is 11.6 Å². The van der Waals surface area contributed by atoms with Crippen molar-refractivity contribution in [2.75, 3.05) is 6.61 Å². The van der Waals surface area contributed by atoms with Gasteiger partial charge in [0, 0.05) is 11.6 Å². The van der Waals surface area contributed by atoms with Gasteiger partial charge in [0.15, 0.2) is 0 Å². The summed E-state index contributed by atoms with van der Waals surface area (Å²) in [5.41, 5.74) is 5.11. The van der Waals surface area contributed by atoms with Gasteiger partial charge in [-0.3, -0.25) is 0 Å². The second kappa shape index (κ2) is 7.23. The van der Waals surface area contributed by atoms with E-state index in [4.69, 9.17) is 5.73 Å². The molecule has 18 heavy (non-hydrogen) atoms. The van der Waals surface area contributed by atoms with Crippen LogP contribution in [0.5, 0.6) is 0 Å². The Morgan fingerprint density at radius 3 is 2.56 bits per heavy atom. The normalized spacial score (nSPS) is 13.4. The highest BCUT2D eigenvalue weighted by Crippen LogP contribution is 2.21. The van der Waals surface area contributed by atoms with Gasteiger partial charge in [-0.2, -0.15) is 0 Å². The van der Waals surface area contributed by atoms with Crippen LogP contribution in [0.1, 0.15) is 18.5 Å². The van der Waals surface area contributed by atoms with Crippen LogP contribution in [-0.2, 0) is 9.53 Å². The zero-order chi connectivity index (χ0) is 13.0. The highest BCUT2D eigenvalue weighted by molar-refractivity contribution is 5.85. The minimum atomic E-state index is -2.19. The number of rotatable bonds is 4. The van der Waals surface area contributed by atoms with E-state index in [0.29, 0.717) is 6.07 Å². The number of esters is 1. The zero-order valence-electron chi connectivity index (χ0n) is 9.53. The van der Waals surface area contributed by atoms with Gasteiger partial charge in [0.05, 0.1) is 12.6 Å². The van der Waals surface area contributed by atoms with Crippen molar-refractivity contribution >= 4 is 18.4 Å². The number of halogens is 4. The van der Waals surface area contributed by atoms with Gasteiger partial charge in [-0.25, -0.2) is 18.0 Å². The predicted octanol–water partition coefficient (Wildman–Crippen LogP) is 2.29. The van der Waals surface area contributed by atoms with Crippen LogP contribution < -0.4 is 5.73 Å². The molecule has 7 heteroatoms. The number of carbonyl (C=O) groups excluding carboxylic acids is 1. The Morgan fingerprint density at radius 1 is 1.44 bits per heavy atom. The second-order valence-corrected chi connectivity index (χ2v) is 3.35. The van der Waals surface area contributed by atoms with Crippen LogP contribution in [0.3, 0.4) is 0 Å². The summed E-state index contributed by atoms with van der Waals surface area (Å²) < 4.78 is 43.8. The molecule has 0 heterocycles. The summed E-state index contributed by atoms with van der Waals surface area (Å²) in [6, 6.07) is 0.999. The number of benzene rings is 1. The smallest absolute Gasteiger partial charge is 0.342 e. The molecule has 0 fully saturated rings. The van der Waals surface area contributed by atoms with Crippen LogP contribution in [0, 0.1) is 11.6 Å². The maximum absolute atomic E-state index is 13.5. The Labute approximate surface area is 109 Å². The van der Waals surface area contributed by atoms with Crippen LogP contribution >= 0.6 is 12.4 Å². The molecule has 0 saturated carbocycles. The van der Waals surface area contributed by atoms with Gasteiger partial charge in [-0.15, -0.1) is 12.4 Å². The van der Waals surface area contributed by atoms with E-state index >= 15 is 0 Å². The summed E-state index contributed by atoms with van der Waals surface area (Å²) in [5, 5.41) is 0. The molecule has 0 saturated heterocycles. The highest BCUT2D eigenvalue weighted by Gasteiger charge is 2.29.